The van der Waals surface area contributed by atoms with Gasteiger partial charge in [0.05, 0.1) is 0 Å². The third-order valence-electron chi connectivity index (χ3n) is 6.27. The summed E-state index contributed by atoms with van der Waals surface area (Å²) in [5.74, 6) is -1.95. The molecule has 9 nitrogen and oxygen atoms in total. The van der Waals surface area contributed by atoms with E-state index in [4.69, 9.17) is 20.3 Å². The first-order valence-corrected chi connectivity index (χ1v) is 11.5. The Morgan fingerprint density at radius 1 is 1.27 bits per heavy atom. The van der Waals surface area contributed by atoms with Crippen LogP contribution < -0.4 is 15.8 Å². The van der Waals surface area contributed by atoms with Crippen molar-refractivity contribution < 1.29 is 29.0 Å². The number of carboxylic acids is 1. The van der Waals surface area contributed by atoms with Gasteiger partial charge in [-0.25, -0.2) is 9.59 Å². The second kappa shape index (κ2) is 12.0. The van der Waals surface area contributed by atoms with Crippen LogP contribution in [0.1, 0.15) is 52.0 Å². The van der Waals surface area contributed by atoms with Crippen LogP contribution in [0.15, 0.2) is 24.3 Å². The number of carbonyl (C=O) groups excluding carboxylic acids is 2. The van der Waals surface area contributed by atoms with Crippen LogP contribution in [0, 0.1) is 5.92 Å². The zero-order valence-corrected chi connectivity index (χ0v) is 20.0. The number of amides is 1. The third-order valence-corrected chi connectivity index (χ3v) is 6.27. The normalized spacial score (nSPS) is 21.0. The van der Waals surface area contributed by atoms with Crippen molar-refractivity contribution in [1.82, 2.24) is 10.2 Å². The van der Waals surface area contributed by atoms with Crippen LogP contribution in [0.2, 0.25) is 0 Å². The minimum Gasteiger partial charge on any atom is -0.480 e. The number of nitrogens with two attached hydrogens (primary N) is 1. The third kappa shape index (κ3) is 7.43. The first-order chi connectivity index (χ1) is 15.6. The number of ether oxygens (including phenoxy) is 2. The van der Waals surface area contributed by atoms with Crippen molar-refractivity contribution in [2.45, 2.75) is 64.0 Å². The molecule has 1 fully saturated rings. The van der Waals surface area contributed by atoms with Gasteiger partial charge in [-0.05, 0) is 56.5 Å². The monoisotopic (exact) mass is 463 g/mol. The molecule has 33 heavy (non-hydrogen) atoms. The molecule has 1 saturated heterocycles. The van der Waals surface area contributed by atoms with Crippen molar-refractivity contribution in [1.29, 1.82) is 0 Å². The van der Waals surface area contributed by atoms with E-state index >= 15 is 0 Å². The Morgan fingerprint density at radius 2 is 2.00 bits per heavy atom. The largest absolute Gasteiger partial charge is 0.480 e. The molecule has 2 rings (SSSR count). The number of aliphatic carboxylic acids is 1. The van der Waals surface area contributed by atoms with E-state index in [0.717, 1.165) is 37.9 Å². The molecule has 1 heterocycles. The van der Waals surface area contributed by atoms with Crippen molar-refractivity contribution >= 4 is 18.0 Å². The van der Waals surface area contributed by atoms with Gasteiger partial charge in [-0.15, -0.1) is 0 Å². The highest BCUT2D eigenvalue weighted by Crippen LogP contribution is 2.37. The molecule has 0 aromatic heterocycles. The standard InChI is InChI=1S/C24H37N3O6/c1-5-24(11-6-7-12-27(4)15-24)17-9-8-10-18(13-17)33-23(31)26-20(16(2)3)22(30)32-14-19(25)21(28)29/h8-10,13,16,19-20H,5-7,11-12,14-15,25H2,1-4H3,(H,26,31)(H,28,29)/t19-,20?,24?/m0/s1. The number of likely N-dealkylation sites (tertiary alicyclic amines) is 1. The van der Waals surface area contributed by atoms with Crippen LogP contribution in [0.5, 0.6) is 5.75 Å². The van der Waals surface area contributed by atoms with E-state index in [-0.39, 0.29) is 11.3 Å². The summed E-state index contributed by atoms with van der Waals surface area (Å²) in [4.78, 5) is 38.1. The first kappa shape index (κ1) is 26.6. The molecule has 3 atom stereocenters. The molecule has 0 radical (unpaired) electrons. The Balaban J connectivity index is 2.08. The lowest BCUT2D eigenvalue weighted by molar-refractivity contribution is -0.150. The summed E-state index contributed by atoms with van der Waals surface area (Å²) in [6, 6.07) is 5.23. The van der Waals surface area contributed by atoms with Gasteiger partial charge in [-0.3, -0.25) is 4.79 Å². The average molecular weight is 464 g/mol. The van der Waals surface area contributed by atoms with E-state index in [9.17, 15) is 14.4 Å². The predicted octanol–water partition coefficient (Wildman–Crippen LogP) is 2.52. The molecule has 0 aliphatic carbocycles. The molecule has 1 aromatic carbocycles. The Labute approximate surface area is 195 Å². The summed E-state index contributed by atoms with van der Waals surface area (Å²) in [5, 5.41) is 11.4. The van der Waals surface area contributed by atoms with Crippen LogP contribution in [0.3, 0.4) is 0 Å². The number of hydrogen-bond donors (Lipinski definition) is 3. The van der Waals surface area contributed by atoms with E-state index in [0.29, 0.717) is 5.75 Å². The Morgan fingerprint density at radius 3 is 2.64 bits per heavy atom. The quantitative estimate of drug-likeness (QED) is 0.476. The Kier molecular flexibility index (Phi) is 9.67. The van der Waals surface area contributed by atoms with Gasteiger partial charge in [-0.1, -0.05) is 39.3 Å². The van der Waals surface area contributed by atoms with Crippen molar-refractivity contribution in [3.63, 3.8) is 0 Å². The average Bonchev–Trinajstić information content (AvgIpc) is 2.97. The summed E-state index contributed by atoms with van der Waals surface area (Å²) < 4.78 is 10.5. The number of rotatable bonds is 9. The van der Waals surface area contributed by atoms with Crippen LogP contribution in [0.4, 0.5) is 4.79 Å². The molecule has 9 heteroatoms. The Bertz CT molecular complexity index is 830. The SMILES string of the molecule is CCC1(c2cccc(OC(=O)NC(C(=O)OC[C@H](N)C(=O)O)C(C)C)c2)CCCCN(C)C1. The summed E-state index contributed by atoms with van der Waals surface area (Å²) in [6.45, 7) is 7.19. The topological polar surface area (TPSA) is 131 Å². The molecule has 1 amide bonds. The van der Waals surface area contributed by atoms with Gasteiger partial charge in [0.1, 0.15) is 24.4 Å². The summed E-state index contributed by atoms with van der Waals surface area (Å²) in [5.41, 5.74) is 6.49. The smallest absolute Gasteiger partial charge is 0.413 e. The number of nitrogens with one attached hydrogen (secondary N) is 1. The van der Waals surface area contributed by atoms with Crippen molar-refractivity contribution in [3.8, 4) is 5.75 Å². The first-order valence-electron chi connectivity index (χ1n) is 11.5. The molecule has 0 saturated carbocycles. The summed E-state index contributed by atoms with van der Waals surface area (Å²) in [7, 11) is 2.14. The van der Waals surface area contributed by atoms with Gasteiger partial charge in [0.25, 0.3) is 0 Å². The van der Waals surface area contributed by atoms with Crippen molar-refractivity contribution in [2.24, 2.45) is 11.7 Å². The minimum absolute atomic E-state index is 0.00568. The zero-order chi connectivity index (χ0) is 24.6. The molecule has 1 aromatic rings. The van der Waals surface area contributed by atoms with E-state index < -0.39 is 36.7 Å². The van der Waals surface area contributed by atoms with E-state index in [1.807, 2.05) is 12.1 Å². The molecule has 0 spiro atoms. The minimum atomic E-state index is -1.33. The van der Waals surface area contributed by atoms with Crippen LogP contribution in [-0.4, -0.2) is 66.9 Å². The molecule has 184 valence electrons. The van der Waals surface area contributed by atoms with Gasteiger partial charge in [0.15, 0.2) is 0 Å². The van der Waals surface area contributed by atoms with E-state index in [2.05, 4.69) is 30.3 Å². The van der Waals surface area contributed by atoms with Gasteiger partial charge < -0.3 is 30.5 Å². The highest BCUT2D eigenvalue weighted by atomic mass is 16.6. The lowest BCUT2D eigenvalue weighted by Gasteiger charge is -2.35. The second-order valence-corrected chi connectivity index (χ2v) is 9.19. The lowest BCUT2D eigenvalue weighted by atomic mass is 9.74. The molecular weight excluding hydrogens is 426 g/mol. The van der Waals surface area contributed by atoms with Gasteiger partial charge in [-0.2, -0.15) is 0 Å². The molecule has 0 bridgehead atoms. The molecule has 4 N–H and O–H groups in total. The van der Waals surface area contributed by atoms with Gasteiger partial charge in [0.2, 0.25) is 0 Å². The zero-order valence-electron chi connectivity index (χ0n) is 20.0. The highest BCUT2D eigenvalue weighted by molar-refractivity contribution is 5.82. The highest BCUT2D eigenvalue weighted by Gasteiger charge is 2.33. The fourth-order valence-electron chi connectivity index (χ4n) is 4.23. The molecule has 2 unspecified atom stereocenters. The lowest BCUT2D eigenvalue weighted by Crippen LogP contribution is -2.47. The fraction of sp³-hybridized carbons (Fsp3) is 0.625. The number of esters is 1. The number of likely N-dealkylation sites (N-methyl/N-ethyl adjacent to an activating group) is 1. The summed E-state index contributed by atoms with van der Waals surface area (Å²) >= 11 is 0. The number of carboxylic acid groups (broad SMARTS) is 1. The molecule has 1 aliphatic rings. The maximum atomic E-state index is 12.6. The fourth-order valence-corrected chi connectivity index (χ4v) is 4.23. The predicted molar refractivity (Wildman–Crippen MR) is 124 cm³/mol. The van der Waals surface area contributed by atoms with Crippen molar-refractivity contribution in [3.05, 3.63) is 29.8 Å². The number of carbonyl (C=O) groups is 3. The van der Waals surface area contributed by atoms with Crippen LogP contribution >= 0.6 is 0 Å². The maximum Gasteiger partial charge on any atom is 0.413 e. The maximum absolute atomic E-state index is 12.6. The van der Waals surface area contributed by atoms with Crippen LogP contribution in [-0.2, 0) is 19.7 Å². The van der Waals surface area contributed by atoms with E-state index in [1.54, 1.807) is 19.9 Å². The molecule has 1 aliphatic heterocycles. The number of benzene rings is 1. The molecular formula is C24H37N3O6. The van der Waals surface area contributed by atoms with Crippen LogP contribution in [0.25, 0.3) is 0 Å². The van der Waals surface area contributed by atoms with Gasteiger partial charge >= 0.3 is 18.0 Å². The Hall–Kier alpha value is -2.65. The van der Waals surface area contributed by atoms with Crippen molar-refractivity contribution in [2.75, 3.05) is 26.7 Å². The number of nitrogens with zero attached hydrogens (tertiary/aromatic N) is 1. The summed E-state index contributed by atoms with van der Waals surface area (Å²) in [6.07, 6.45) is 3.58. The second-order valence-electron chi connectivity index (χ2n) is 9.19. The van der Waals surface area contributed by atoms with E-state index in [1.165, 1.54) is 6.42 Å². The number of hydrogen-bond acceptors (Lipinski definition) is 7. The van der Waals surface area contributed by atoms with Gasteiger partial charge in [0, 0.05) is 12.0 Å².